The van der Waals surface area contributed by atoms with E-state index in [4.69, 9.17) is 5.53 Å². The van der Waals surface area contributed by atoms with Crippen molar-refractivity contribution in [1.82, 2.24) is 0 Å². The van der Waals surface area contributed by atoms with Gasteiger partial charge in [0.1, 0.15) is 0 Å². The Balaban J connectivity index is -0.000000180. The molecule has 0 aliphatic rings. The summed E-state index contributed by atoms with van der Waals surface area (Å²) in [6, 6.07) is 0. The molecule has 0 aromatic heterocycles. The molecule has 9 heavy (non-hydrogen) atoms. The van der Waals surface area contributed by atoms with Gasteiger partial charge in [0.15, 0.2) is 0 Å². The molecule has 0 saturated carbocycles. The van der Waals surface area contributed by atoms with E-state index < -0.39 is 0 Å². The van der Waals surface area contributed by atoms with Gasteiger partial charge in [-0.15, -0.1) is 0 Å². The fourth-order valence-electron chi connectivity index (χ4n) is 0.227. The van der Waals surface area contributed by atoms with E-state index in [-0.39, 0.29) is 40.1 Å². The van der Waals surface area contributed by atoms with E-state index >= 15 is 0 Å². The Kier molecular flexibility index (Phi) is 28.4. The summed E-state index contributed by atoms with van der Waals surface area (Å²) in [6.45, 7) is 4.16. The van der Waals surface area contributed by atoms with Crippen LogP contribution < -0.4 is 0 Å². The first-order valence-electron chi connectivity index (χ1n) is 2.22. The summed E-state index contributed by atoms with van der Waals surface area (Å²) in [5, 5.41) is 3.30. The Labute approximate surface area is 81.7 Å². The van der Waals surface area contributed by atoms with Crippen molar-refractivity contribution in [2.75, 3.05) is 6.54 Å². The van der Waals surface area contributed by atoms with Gasteiger partial charge in [0.05, 0.1) is 0 Å². The van der Waals surface area contributed by atoms with Crippen LogP contribution in [0.25, 0.3) is 10.4 Å². The molecule has 0 saturated heterocycles. The van der Waals surface area contributed by atoms with E-state index in [0.717, 1.165) is 12.8 Å². The SMILES string of the molecule is [CH2-]CCCN=[N+]=[N-].[CH3-].[Y]. The number of rotatable bonds is 3. The number of azide groups is 1. The molecule has 3 nitrogen and oxygen atoms in total. The summed E-state index contributed by atoms with van der Waals surface area (Å²) in [6.07, 6.45) is 1.74. The average Bonchev–Trinajstić information content (AvgIpc) is 1.69. The van der Waals surface area contributed by atoms with Crippen LogP contribution in [0.2, 0.25) is 0 Å². The van der Waals surface area contributed by atoms with Crippen molar-refractivity contribution in [3.8, 4) is 0 Å². The van der Waals surface area contributed by atoms with Crippen LogP contribution in [0.3, 0.4) is 0 Å². The topological polar surface area (TPSA) is 48.8 Å². The molecule has 0 spiro atoms. The third-order valence-electron chi connectivity index (χ3n) is 0.571. The molecule has 0 aromatic rings. The Morgan fingerprint density at radius 3 is 2.44 bits per heavy atom. The fraction of sp³-hybridized carbons (Fsp3) is 0.600. The Morgan fingerprint density at radius 1 is 1.56 bits per heavy atom. The maximum absolute atomic E-state index is 7.73. The summed E-state index contributed by atoms with van der Waals surface area (Å²) >= 11 is 0. The second-order valence-electron chi connectivity index (χ2n) is 1.16. The summed E-state index contributed by atoms with van der Waals surface area (Å²) < 4.78 is 0. The Hall–Kier alpha value is 0.414. The minimum Gasteiger partial charge on any atom is -0.358 e. The summed E-state index contributed by atoms with van der Waals surface area (Å²) in [7, 11) is 0. The van der Waals surface area contributed by atoms with E-state index in [1.54, 1.807) is 0 Å². The number of unbranched alkanes of at least 4 members (excludes halogenated alkanes) is 1. The van der Waals surface area contributed by atoms with Gasteiger partial charge in [0.25, 0.3) is 0 Å². The van der Waals surface area contributed by atoms with Crippen molar-refractivity contribution in [2.45, 2.75) is 12.8 Å². The quantitative estimate of drug-likeness (QED) is 0.222. The molecule has 0 amide bonds. The molecular weight excluding hydrogens is 191 g/mol. The predicted octanol–water partition coefficient (Wildman–Crippen LogP) is 2.36. The first-order chi connectivity index (χ1) is 3.41. The number of nitrogens with zero attached hydrogens (tertiary/aromatic N) is 3. The maximum atomic E-state index is 7.73. The van der Waals surface area contributed by atoms with Crippen molar-refractivity contribution in [3.63, 3.8) is 0 Å². The van der Waals surface area contributed by atoms with E-state index in [2.05, 4.69) is 16.9 Å². The predicted molar refractivity (Wildman–Crippen MR) is 35.0 cm³/mol. The third kappa shape index (κ3) is 17.8. The summed E-state index contributed by atoms with van der Waals surface area (Å²) in [5.41, 5.74) is 7.73. The minimum absolute atomic E-state index is 0. The van der Waals surface area contributed by atoms with Crippen molar-refractivity contribution in [1.29, 1.82) is 0 Å². The van der Waals surface area contributed by atoms with Crippen LogP contribution in [-0.2, 0) is 32.7 Å². The molecule has 0 bridgehead atoms. The largest absolute Gasteiger partial charge is 0.358 e. The van der Waals surface area contributed by atoms with Gasteiger partial charge in [-0.3, -0.25) is 0 Å². The smallest absolute Gasteiger partial charge is 0.0233 e. The van der Waals surface area contributed by atoms with Gasteiger partial charge in [-0.1, -0.05) is 11.5 Å². The third-order valence-corrected chi connectivity index (χ3v) is 0.571. The summed E-state index contributed by atoms with van der Waals surface area (Å²) in [5.74, 6) is 0. The molecule has 0 atom stereocenters. The molecule has 0 fully saturated rings. The van der Waals surface area contributed by atoms with E-state index in [9.17, 15) is 0 Å². The monoisotopic (exact) mass is 202 g/mol. The van der Waals surface area contributed by atoms with Crippen LogP contribution in [0.4, 0.5) is 0 Å². The van der Waals surface area contributed by atoms with E-state index in [1.165, 1.54) is 0 Å². The van der Waals surface area contributed by atoms with Crippen LogP contribution in [0.5, 0.6) is 0 Å². The van der Waals surface area contributed by atoms with E-state index in [1.807, 2.05) is 0 Å². The molecule has 1 radical (unpaired) electrons. The zero-order valence-electron chi connectivity index (χ0n) is 5.75. The van der Waals surface area contributed by atoms with Gasteiger partial charge in [-0.25, -0.2) is 0 Å². The van der Waals surface area contributed by atoms with Gasteiger partial charge < -0.3 is 14.4 Å². The van der Waals surface area contributed by atoms with Crippen molar-refractivity contribution < 1.29 is 32.7 Å². The van der Waals surface area contributed by atoms with Gasteiger partial charge in [0, 0.05) is 44.2 Å². The molecule has 0 aliphatic carbocycles. The number of hydrogen-bond acceptors (Lipinski definition) is 1. The van der Waals surface area contributed by atoms with Gasteiger partial charge in [-0.05, 0) is 5.53 Å². The first kappa shape index (κ1) is 16.2. The molecule has 0 heterocycles. The average molecular weight is 202 g/mol. The van der Waals surface area contributed by atoms with Crippen molar-refractivity contribution in [3.05, 3.63) is 24.8 Å². The zero-order valence-corrected chi connectivity index (χ0v) is 8.59. The molecule has 0 aromatic carbocycles. The standard InChI is InChI=1S/C4H8N3.CH3.Y/c1-2-3-4-6-7-5;;/h1-4H2;1H3;/q2*-1;. The fourth-order valence-corrected chi connectivity index (χ4v) is 0.227. The molecule has 4 heteroatoms. The Bertz CT molecular complexity index is 78.3. The molecular formula is C5H11N3Y-2. The van der Waals surface area contributed by atoms with Crippen LogP contribution in [0.1, 0.15) is 12.8 Å². The molecule has 0 aliphatic heterocycles. The normalized spacial score (nSPS) is 5.89. The first-order valence-corrected chi connectivity index (χ1v) is 2.22. The second-order valence-corrected chi connectivity index (χ2v) is 1.16. The molecule has 0 N–H and O–H groups in total. The minimum atomic E-state index is 0. The van der Waals surface area contributed by atoms with Crippen molar-refractivity contribution >= 4 is 0 Å². The van der Waals surface area contributed by atoms with E-state index in [0.29, 0.717) is 6.54 Å². The Morgan fingerprint density at radius 2 is 2.11 bits per heavy atom. The summed E-state index contributed by atoms with van der Waals surface area (Å²) in [4.78, 5) is 2.57. The van der Waals surface area contributed by atoms with Crippen LogP contribution in [0, 0.1) is 14.4 Å². The van der Waals surface area contributed by atoms with Crippen LogP contribution in [0.15, 0.2) is 5.11 Å². The van der Waals surface area contributed by atoms with Crippen molar-refractivity contribution in [2.24, 2.45) is 5.11 Å². The maximum Gasteiger partial charge on any atom is 0.0233 e. The van der Waals surface area contributed by atoms with Crippen LogP contribution in [-0.4, -0.2) is 6.54 Å². The molecule has 51 valence electrons. The molecule has 0 rings (SSSR count). The molecule has 0 unspecified atom stereocenters. The second kappa shape index (κ2) is 15.8. The zero-order chi connectivity index (χ0) is 5.54. The van der Waals surface area contributed by atoms with Crippen LogP contribution >= 0.6 is 0 Å². The van der Waals surface area contributed by atoms with Gasteiger partial charge in [-0.2, -0.15) is 6.42 Å². The van der Waals surface area contributed by atoms with Gasteiger partial charge in [0.2, 0.25) is 0 Å². The number of hydrogen-bond donors (Lipinski definition) is 0. The van der Waals surface area contributed by atoms with Gasteiger partial charge >= 0.3 is 0 Å².